The number of carbonyl (C=O) groups excluding carboxylic acids is 2. The third-order valence-corrected chi connectivity index (χ3v) is 3.51. The predicted octanol–water partition coefficient (Wildman–Crippen LogP) is 1.95. The summed E-state index contributed by atoms with van der Waals surface area (Å²) in [7, 11) is 0. The van der Waals surface area contributed by atoms with Crippen LogP contribution in [0.15, 0.2) is 0 Å². The largest absolute Gasteiger partial charge is 0.356 e. The molecule has 0 heterocycles. The maximum Gasteiger partial charge on any atom is 0.223 e. The van der Waals surface area contributed by atoms with Crippen LogP contribution < -0.4 is 10.6 Å². The van der Waals surface area contributed by atoms with E-state index >= 15 is 0 Å². The van der Waals surface area contributed by atoms with Crippen molar-refractivity contribution in [3.8, 4) is 0 Å². The molecule has 0 spiro atoms. The Morgan fingerprint density at radius 3 is 1.58 bits per heavy atom. The zero-order valence-corrected chi connectivity index (χ0v) is 12.7. The van der Waals surface area contributed by atoms with Gasteiger partial charge in [0, 0.05) is 13.1 Å². The summed E-state index contributed by atoms with van der Waals surface area (Å²) in [6.07, 6.45) is 2.69. The highest BCUT2D eigenvalue weighted by molar-refractivity contribution is 5.92. The molecule has 2 unspecified atom stereocenters. The summed E-state index contributed by atoms with van der Waals surface area (Å²) in [4.78, 5) is 23.6. The van der Waals surface area contributed by atoms with Gasteiger partial charge >= 0.3 is 0 Å². The molecule has 0 aromatic rings. The molecule has 4 nitrogen and oxygen atoms in total. The molecule has 1 saturated carbocycles. The molecule has 19 heavy (non-hydrogen) atoms. The molecule has 0 radical (unpaired) electrons. The first-order valence-electron chi connectivity index (χ1n) is 7.47. The van der Waals surface area contributed by atoms with Crippen molar-refractivity contribution in [1.29, 1.82) is 0 Å². The summed E-state index contributed by atoms with van der Waals surface area (Å²) in [5, 5.41) is 5.83. The molecule has 1 aliphatic carbocycles. The second kappa shape index (κ2) is 7.51. The summed E-state index contributed by atoms with van der Waals surface area (Å²) in [5.74, 6) is 1.09. The number of nitrogens with one attached hydrogen (secondary N) is 2. The van der Waals surface area contributed by atoms with Gasteiger partial charge in [-0.15, -0.1) is 0 Å². The Kier molecular flexibility index (Phi) is 6.32. The van der Waals surface area contributed by atoms with E-state index in [2.05, 4.69) is 38.3 Å². The Hall–Kier alpha value is -1.06. The lowest BCUT2D eigenvalue weighted by molar-refractivity contribution is -0.127. The molecule has 1 aliphatic rings. The molecule has 0 aliphatic heterocycles. The topological polar surface area (TPSA) is 58.2 Å². The smallest absolute Gasteiger partial charge is 0.223 e. The van der Waals surface area contributed by atoms with Crippen LogP contribution in [0.2, 0.25) is 0 Å². The molecule has 2 amide bonds. The zero-order valence-electron chi connectivity index (χ0n) is 12.7. The third-order valence-electron chi connectivity index (χ3n) is 3.51. The maximum atomic E-state index is 11.8. The Balaban J connectivity index is 2.15. The van der Waals surface area contributed by atoms with Gasteiger partial charge in [-0.2, -0.15) is 0 Å². The summed E-state index contributed by atoms with van der Waals surface area (Å²) < 4.78 is 0. The minimum atomic E-state index is -0.0915. The average Bonchev–Trinajstić information content (AvgIpc) is 3.07. The first-order valence-corrected chi connectivity index (χ1v) is 7.47. The lowest BCUT2D eigenvalue weighted by atomic mass is 10.1. The summed E-state index contributed by atoms with van der Waals surface area (Å²) in [6.45, 7) is 9.97. The zero-order chi connectivity index (χ0) is 14.4. The second-order valence-corrected chi connectivity index (χ2v) is 6.40. The molecule has 0 bridgehead atoms. The predicted molar refractivity (Wildman–Crippen MR) is 76.5 cm³/mol. The highest BCUT2D eigenvalue weighted by atomic mass is 16.2. The van der Waals surface area contributed by atoms with Crippen LogP contribution in [-0.4, -0.2) is 24.9 Å². The minimum absolute atomic E-state index is 0.0460. The van der Waals surface area contributed by atoms with Crippen molar-refractivity contribution in [3.05, 3.63) is 0 Å². The van der Waals surface area contributed by atoms with E-state index in [9.17, 15) is 9.59 Å². The van der Waals surface area contributed by atoms with Crippen LogP contribution in [0.25, 0.3) is 0 Å². The third kappa shape index (κ3) is 6.08. The molecule has 2 atom stereocenters. The van der Waals surface area contributed by atoms with E-state index in [1.54, 1.807) is 0 Å². The monoisotopic (exact) mass is 268 g/mol. The first kappa shape index (κ1) is 16.0. The number of hydrogen-bond acceptors (Lipinski definition) is 2. The van der Waals surface area contributed by atoms with Gasteiger partial charge in [-0.25, -0.2) is 0 Å². The van der Waals surface area contributed by atoms with Crippen molar-refractivity contribution < 1.29 is 9.59 Å². The Labute approximate surface area is 116 Å². The highest BCUT2D eigenvalue weighted by Gasteiger charge is 2.47. The van der Waals surface area contributed by atoms with E-state index in [4.69, 9.17) is 0 Å². The molecule has 1 fully saturated rings. The van der Waals surface area contributed by atoms with Gasteiger partial charge in [0.15, 0.2) is 0 Å². The summed E-state index contributed by atoms with van der Waals surface area (Å²) in [6, 6.07) is 0. The molecular formula is C15H28N2O2. The Morgan fingerprint density at radius 1 is 0.895 bits per heavy atom. The number of amides is 2. The van der Waals surface area contributed by atoms with E-state index in [0.29, 0.717) is 31.3 Å². The fourth-order valence-corrected chi connectivity index (χ4v) is 2.00. The SMILES string of the molecule is CC(C)CCNC(=O)C1CC1C(=O)NCCC(C)C. The van der Waals surface area contributed by atoms with Gasteiger partial charge in [0.05, 0.1) is 11.8 Å². The van der Waals surface area contributed by atoms with Crippen LogP contribution in [0, 0.1) is 23.7 Å². The van der Waals surface area contributed by atoms with Crippen molar-refractivity contribution in [1.82, 2.24) is 10.6 Å². The summed E-state index contributed by atoms with van der Waals surface area (Å²) in [5.41, 5.74) is 0. The molecule has 110 valence electrons. The van der Waals surface area contributed by atoms with E-state index in [1.165, 1.54) is 0 Å². The van der Waals surface area contributed by atoms with Crippen molar-refractivity contribution in [2.24, 2.45) is 23.7 Å². The highest BCUT2D eigenvalue weighted by Crippen LogP contribution is 2.38. The molecule has 4 heteroatoms. The quantitative estimate of drug-likeness (QED) is 0.707. The lowest BCUT2D eigenvalue weighted by Gasteiger charge is -2.08. The first-order chi connectivity index (χ1) is 8.91. The molecule has 2 N–H and O–H groups in total. The number of hydrogen-bond donors (Lipinski definition) is 2. The molecule has 0 aromatic heterocycles. The van der Waals surface area contributed by atoms with Gasteiger partial charge in [0.1, 0.15) is 0 Å². The van der Waals surface area contributed by atoms with Crippen molar-refractivity contribution in [3.63, 3.8) is 0 Å². The van der Waals surface area contributed by atoms with Gasteiger partial charge < -0.3 is 10.6 Å². The average molecular weight is 268 g/mol. The minimum Gasteiger partial charge on any atom is -0.356 e. The van der Waals surface area contributed by atoms with Crippen LogP contribution in [0.4, 0.5) is 0 Å². The van der Waals surface area contributed by atoms with Crippen LogP contribution in [0.5, 0.6) is 0 Å². The van der Waals surface area contributed by atoms with Crippen LogP contribution in [0.3, 0.4) is 0 Å². The van der Waals surface area contributed by atoms with E-state index < -0.39 is 0 Å². The number of rotatable bonds is 8. The van der Waals surface area contributed by atoms with Gasteiger partial charge in [-0.1, -0.05) is 27.7 Å². The van der Waals surface area contributed by atoms with Crippen LogP contribution in [0.1, 0.15) is 47.0 Å². The molecule has 1 rings (SSSR count). The van der Waals surface area contributed by atoms with Gasteiger partial charge in [-0.05, 0) is 31.1 Å². The molecular weight excluding hydrogens is 240 g/mol. The second-order valence-electron chi connectivity index (χ2n) is 6.40. The molecule has 0 aromatic carbocycles. The standard InChI is InChI=1S/C15H28N2O2/c1-10(2)5-7-16-14(18)12-9-13(12)15(19)17-8-6-11(3)4/h10-13H,5-9H2,1-4H3,(H,16,18)(H,17,19). The fraction of sp³-hybridized carbons (Fsp3) is 0.867. The Morgan fingerprint density at radius 2 is 1.26 bits per heavy atom. The van der Waals surface area contributed by atoms with E-state index in [1.807, 2.05) is 0 Å². The normalized spacial score (nSPS) is 21.6. The van der Waals surface area contributed by atoms with Gasteiger partial charge in [-0.3, -0.25) is 9.59 Å². The van der Waals surface area contributed by atoms with Gasteiger partial charge in [0.25, 0.3) is 0 Å². The molecule has 0 saturated heterocycles. The van der Waals surface area contributed by atoms with Crippen molar-refractivity contribution >= 4 is 11.8 Å². The van der Waals surface area contributed by atoms with E-state index in [-0.39, 0.29) is 23.7 Å². The van der Waals surface area contributed by atoms with Gasteiger partial charge in [0.2, 0.25) is 11.8 Å². The fourth-order valence-electron chi connectivity index (χ4n) is 2.00. The maximum absolute atomic E-state index is 11.8. The van der Waals surface area contributed by atoms with E-state index in [0.717, 1.165) is 12.8 Å². The summed E-state index contributed by atoms with van der Waals surface area (Å²) >= 11 is 0. The van der Waals surface area contributed by atoms with Crippen LogP contribution >= 0.6 is 0 Å². The van der Waals surface area contributed by atoms with Crippen molar-refractivity contribution in [2.75, 3.05) is 13.1 Å². The number of carbonyl (C=O) groups is 2. The van der Waals surface area contributed by atoms with Crippen LogP contribution in [-0.2, 0) is 9.59 Å². The lowest BCUT2D eigenvalue weighted by Crippen LogP contribution is -2.31. The Bertz CT molecular complexity index is 283. The van der Waals surface area contributed by atoms with Crippen molar-refractivity contribution in [2.45, 2.75) is 47.0 Å².